The Balaban J connectivity index is 1.72. The molecule has 6 unspecified atom stereocenters. The quantitative estimate of drug-likeness (QED) is 0.0994. The topological polar surface area (TPSA) is 111 Å². The van der Waals surface area contributed by atoms with Gasteiger partial charge in [0, 0.05) is 10.8 Å². The van der Waals surface area contributed by atoms with Crippen molar-refractivity contribution in [2.24, 2.45) is 21.7 Å². The number of hydrogen-bond donors (Lipinski definition) is 2. The van der Waals surface area contributed by atoms with Crippen molar-refractivity contribution in [2.75, 3.05) is 0 Å². The predicted octanol–water partition coefficient (Wildman–Crippen LogP) is 11.0. The van der Waals surface area contributed by atoms with Crippen LogP contribution < -0.4 is 10.6 Å². The third-order valence-corrected chi connectivity index (χ3v) is 15.1. The van der Waals surface area contributed by atoms with Crippen LogP contribution in [-0.4, -0.2) is 47.0 Å². The van der Waals surface area contributed by atoms with Gasteiger partial charge in [-0.05, 0) is 146 Å². The van der Waals surface area contributed by atoms with Crippen LogP contribution in [0, 0.1) is 21.7 Å². The van der Waals surface area contributed by atoms with Crippen molar-refractivity contribution in [3.8, 4) is 0 Å². The van der Waals surface area contributed by atoms with Crippen LogP contribution in [0.4, 0.5) is 0 Å². The Kier molecular flexibility index (Phi) is 14.5. The largest absolute Gasteiger partial charge is 0.448 e. The van der Waals surface area contributed by atoms with E-state index in [0.29, 0.717) is 25.7 Å². The Morgan fingerprint density at radius 2 is 0.828 bits per heavy atom. The smallest absolute Gasteiger partial charge is 0.313 e. The van der Waals surface area contributed by atoms with Crippen molar-refractivity contribution in [1.82, 2.24) is 10.6 Å². The molecule has 8 nitrogen and oxygen atoms in total. The molecule has 8 heteroatoms. The van der Waals surface area contributed by atoms with E-state index in [1.54, 1.807) is 0 Å². The maximum Gasteiger partial charge on any atom is 0.313 e. The molecule has 0 aromatic rings. The molecular formula is C50H76N2O6. The highest BCUT2D eigenvalue weighted by Gasteiger charge is 2.77. The van der Waals surface area contributed by atoms with Gasteiger partial charge in [0.25, 0.3) is 11.8 Å². The summed E-state index contributed by atoms with van der Waals surface area (Å²) in [6, 6.07) is -1.37. The number of amides is 2. The maximum absolute atomic E-state index is 14.7. The molecule has 2 heterocycles. The van der Waals surface area contributed by atoms with Crippen molar-refractivity contribution in [1.29, 1.82) is 0 Å². The van der Waals surface area contributed by atoms with Crippen LogP contribution >= 0.6 is 0 Å². The predicted molar refractivity (Wildman–Crippen MR) is 235 cm³/mol. The molecule has 4 bridgehead atoms. The van der Waals surface area contributed by atoms with E-state index in [-0.39, 0.29) is 23.8 Å². The van der Waals surface area contributed by atoms with Crippen LogP contribution in [-0.2, 0) is 28.7 Å². The van der Waals surface area contributed by atoms with Gasteiger partial charge < -0.3 is 20.1 Å². The molecule has 4 fully saturated rings. The van der Waals surface area contributed by atoms with Gasteiger partial charge >= 0.3 is 11.9 Å². The average molecular weight is 801 g/mol. The summed E-state index contributed by atoms with van der Waals surface area (Å²) in [7, 11) is 0. The fraction of sp³-hybridized carbons (Fsp3) is 0.680. The summed E-state index contributed by atoms with van der Waals surface area (Å²) < 4.78 is 12.1. The molecule has 2 aliphatic carbocycles. The summed E-state index contributed by atoms with van der Waals surface area (Å²) in [4.78, 5) is 56.0. The number of rotatable bonds is 19. The van der Waals surface area contributed by atoms with Gasteiger partial charge in [-0.1, -0.05) is 97.6 Å². The van der Waals surface area contributed by atoms with Crippen LogP contribution in [0.1, 0.15) is 174 Å². The number of carbonyl (C=O) groups is 4. The molecule has 2 amide bonds. The second-order valence-corrected chi connectivity index (χ2v) is 20.2. The second-order valence-electron chi connectivity index (χ2n) is 20.2. The molecule has 2 saturated carbocycles. The number of fused-ring (bicyclic) bond motifs is 4. The standard InChI is InChI=1S/C50H76N2O6/c1-33(2)19-15-21-35(5)23-17-25-37(7)31-39(51-41(53)49-29-27-47(13,43(55)57-49)45(49,9)10)40(32-38(8)26-18-24-36(6)22-16-20-34(3)4)52-42(54)50-30-28-48(14,44(56)58-50)46(50,11)12/h19-20,23-24,31-32,39-40H,15-18,21-22,25-30H2,1-14H3,(H,51,53)(H,52,54)/b35-23+,36-24+,37-31+,38-32+. The van der Waals surface area contributed by atoms with Crippen molar-refractivity contribution in [3.63, 3.8) is 0 Å². The molecule has 6 atom stereocenters. The highest BCUT2D eigenvalue weighted by atomic mass is 16.6. The fourth-order valence-corrected chi connectivity index (χ4v) is 9.75. The molecule has 2 saturated heterocycles. The average Bonchev–Trinajstić information content (AvgIpc) is 3.58. The van der Waals surface area contributed by atoms with Crippen molar-refractivity contribution in [3.05, 3.63) is 69.9 Å². The van der Waals surface area contributed by atoms with Crippen molar-refractivity contribution < 1.29 is 28.7 Å². The van der Waals surface area contributed by atoms with E-state index in [4.69, 9.17) is 9.47 Å². The maximum atomic E-state index is 14.7. The minimum Gasteiger partial charge on any atom is -0.448 e. The van der Waals surface area contributed by atoms with Gasteiger partial charge in [0.05, 0.1) is 22.9 Å². The zero-order valence-electron chi connectivity index (χ0n) is 38.6. The van der Waals surface area contributed by atoms with Gasteiger partial charge in [0.2, 0.25) is 0 Å². The number of esters is 2. The van der Waals surface area contributed by atoms with Gasteiger partial charge in [-0.25, -0.2) is 0 Å². The number of carbonyl (C=O) groups excluding carboxylic acids is 4. The Labute approximate surface area is 350 Å². The minimum absolute atomic E-state index is 0.340. The molecular weight excluding hydrogens is 725 g/mol. The molecule has 0 radical (unpaired) electrons. The van der Waals surface area contributed by atoms with Gasteiger partial charge in [-0.3, -0.25) is 19.2 Å². The van der Waals surface area contributed by atoms with E-state index in [9.17, 15) is 19.2 Å². The Hall–Kier alpha value is -3.68. The lowest BCUT2D eigenvalue weighted by molar-refractivity contribution is -0.169. The lowest BCUT2D eigenvalue weighted by Crippen LogP contribution is -2.61. The third-order valence-electron chi connectivity index (χ3n) is 15.1. The first-order valence-electron chi connectivity index (χ1n) is 21.9. The molecule has 4 rings (SSSR count). The van der Waals surface area contributed by atoms with E-state index < -0.39 is 44.9 Å². The van der Waals surface area contributed by atoms with Crippen molar-refractivity contribution >= 4 is 23.8 Å². The number of allylic oxidation sites excluding steroid dienone is 10. The van der Waals surface area contributed by atoms with E-state index in [1.807, 2.05) is 41.5 Å². The molecule has 2 aliphatic heterocycles. The molecule has 4 aliphatic rings. The van der Waals surface area contributed by atoms with E-state index >= 15 is 0 Å². The highest BCUT2D eigenvalue weighted by Crippen LogP contribution is 2.66. The van der Waals surface area contributed by atoms with Crippen LogP contribution in [0.3, 0.4) is 0 Å². The molecule has 0 spiro atoms. The Bertz CT molecular complexity index is 1670. The first-order valence-corrected chi connectivity index (χ1v) is 21.9. The van der Waals surface area contributed by atoms with Gasteiger partial charge in [-0.2, -0.15) is 0 Å². The fourth-order valence-electron chi connectivity index (χ4n) is 9.75. The molecule has 322 valence electrons. The third kappa shape index (κ3) is 8.92. The Morgan fingerprint density at radius 1 is 0.517 bits per heavy atom. The van der Waals surface area contributed by atoms with Crippen molar-refractivity contribution in [2.45, 2.75) is 197 Å². The first kappa shape index (κ1) is 47.0. The normalized spacial score (nSPS) is 29.8. The summed E-state index contributed by atoms with van der Waals surface area (Å²) in [5, 5.41) is 6.65. The van der Waals surface area contributed by atoms with E-state index in [1.165, 1.54) is 22.3 Å². The van der Waals surface area contributed by atoms with Gasteiger partial charge in [0.1, 0.15) is 0 Å². The summed E-state index contributed by atoms with van der Waals surface area (Å²) in [5.41, 5.74) is 1.76. The number of ether oxygens (including phenoxy) is 2. The number of nitrogens with one attached hydrogen (secondary N) is 2. The Morgan fingerprint density at radius 3 is 1.10 bits per heavy atom. The minimum atomic E-state index is -1.33. The van der Waals surface area contributed by atoms with Gasteiger partial charge in [0.15, 0.2) is 11.2 Å². The number of hydrogen-bond acceptors (Lipinski definition) is 6. The molecule has 58 heavy (non-hydrogen) atoms. The summed E-state index contributed by atoms with van der Waals surface area (Å²) in [6.07, 6.45) is 22.4. The monoisotopic (exact) mass is 801 g/mol. The lowest BCUT2D eigenvalue weighted by atomic mass is 9.66. The zero-order chi connectivity index (χ0) is 43.5. The molecule has 0 aromatic heterocycles. The van der Waals surface area contributed by atoms with Gasteiger partial charge in [-0.15, -0.1) is 0 Å². The summed E-state index contributed by atoms with van der Waals surface area (Å²) >= 11 is 0. The van der Waals surface area contributed by atoms with E-state index in [0.717, 1.165) is 62.5 Å². The second kappa shape index (κ2) is 17.9. The van der Waals surface area contributed by atoms with Crippen LogP contribution in [0.5, 0.6) is 0 Å². The SMILES string of the molecule is CC(C)=CCC/C(C)=C/CC/C(C)=C/C(NC(=O)C12CCC(C)(C(=O)O1)C2(C)C)C(/C=C(\C)CC/C=C(\C)CCC=C(C)C)NC(=O)C12CCC(C)(C(=O)O1)C2(C)C. The molecule has 2 N–H and O–H groups in total. The molecule has 0 aromatic carbocycles. The van der Waals surface area contributed by atoms with Crippen LogP contribution in [0.15, 0.2) is 69.9 Å². The van der Waals surface area contributed by atoms with E-state index in [2.05, 4.69) is 102 Å². The van der Waals surface area contributed by atoms with Crippen LogP contribution in [0.2, 0.25) is 0 Å². The first-order chi connectivity index (χ1) is 26.9. The lowest BCUT2D eigenvalue weighted by Gasteiger charge is -2.39. The summed E-state index contributed by atoms with van der Waals surface area (Å²) in [6.45, 7) is 28.6. The van der Waals surface area contributed by atoms with Crippen LogP contribution in [0.25, 0.3) is 0 Å². The summed E-state index contributed by atoms with van der Waals surface area (Å²) in [5.74, 6) is -1.38. The highest BCUT2D eigenvalue weighted by molar-refractivity contribution is 5.98. The zero-order valence-corrected chi connectivity index (χ0v) is 38.6.